The van der Waals surface area contributed by atoms with Gasteiger partial charge in [0, 0.05) is 54.4 Å². The summed E-state index contributed by atoms with van der Waals surface area (Å²) in [5.74, 6) is -0.726. The molecule has 1 aromatic heterocycles. The minimum absolute atomic E-state index is 0.0160. The molecule has 254 valence electrons. The van der Waals surface area contributed by atoms with E-state index in [0.717, 1.165) is 16.7 Å². The summed E-state index contributed by atoms with van der Waals surface area (Å²) in [5, 5.41) is 6.72. The van der Waals surface area contributed by atoms with Crippen molar-refractivity contribution in [1.29, 1.82) is 0 Å². The highest BCUT2D eigenvalue weighted by Gasteiger charge is 2.23. The van der Waals surface area contributed by atoms with E-state index in [2.05, 4.69) is 15.6 Å². The number of rotatable bonds is 14. The molecule has 0 aliphatic rings. The number of nitrogens with one attached hydrogen (secondary N) is 2. The van der Waals surface area contributed by atoms with Crippen molar-refractivity contribution in [2.45, 2.75) is 45.8 Å². The number of hydrogen-bond donors (Lipinski definition) is 2. The molecule has 3 aromatic carbocycles. The van der Waals surface area contributed by atoms with E-state index in [4.69, 9.17) is 21.1 Å². The Morgan fingerprint density at radius 2 is 1.77 bits per heavy atom. The number of nitrogens with zero attached hydrogens (tertiary/aromatic N) is 3. The van der Waals surface area contributed by atoms with Gasteiger partial charge in [-0.2, -0.15) is 0 Å². The predicted octanol–water partition coefficient (Wildman–Crippen LogP) is 7.78. The van der Waals surface area contributed by atoms with Crippen LogP contribution in [-0.2, 0) is 20.8 Å². The summed E-state index contributed by atoms with van der Waals surface area (Å²) in [7, 11) is 1.30. The predicted molar refractivity (Wildman–Crippen MR) is 187 cm³/mol. The van der Waals surface area contributed by atoms with E-state index in [-0.39, 0.29) is 37.8 Å². The Morgan fingerprint density at radius 3 is 2.46 bits per heavy atom. The second-order valence-corrected chi connectivity index (χ2v) is 12.8. The number of imidazole rings is 1. The van der Waals surface area contributed by atoms with Gasteiger partial charge < -0.3 is 25.0 Å². The van der Waals surface area contributed by atoms with E-state index in [1.54, 1.807) is 39.0 Å². The minimum Gasteiger partial charge on any atom is -0.465 e. The van der Waals surface area contributed by atoms with Gasteiger partial charge in [-0.05, 0) is 62.6 Å². The fraction of sp³-hybridized carbons (Fsp3) is 0.314. The van der Waals surface area contributed by atoms with Crippen LogP contribution in [0.15, 0.2) is 79.3 Å². The highest BCUT2D eigenvalue weighted by atomic mass is 35.5. The third kappa shape index (κ3) is 10.2. The summed E-state index contributed by atoms with van der Waals surface area (Å²) in [4.78, 5) is 43.5. The number of ether oxygens (including phenoxy) is 2. The monoisotopic (exact) mass is 695 g/mol. The Labute approximate surface area is 289 Å². The summed E-state index contributed by atoms with van der Waals surface area (Å²) in [5.41, 5.74) is 4.05. The average molecular weight is 696 g/mol. The molecule has 0 bridgehead atoms. The normalized spacial score (nSPS) is 11.1. The molecular formula is C35H39ClFN5O5S. The largest absolute Gasteiger partial charge is 0.465 e. The molecule has 13 heteroatoms. The highest BCUT2D eigenvalue weighted by Crippen LogP contribution is 2.32. The summed E-state index contributed by atoms with van der Waals surface area (Å²) in [6.07, 6.45) is 2.97. The van der Waals surface area contributed by atoms with Crippen LogP contribution in [0, 0.1) is 0 Å². The summed E-state index contributed by atoms with van der Waals surface area (Å²) >= 11 is 6.63. The molecule has 0 radical (unpaired) electrons. The Balaban J connectivity index is 1.33. The maximum atomic E-state index is 13.4. The van der Waals surface area contributed by atoms with Crippen LogP contribution in [0.4, 0.5) is 14.4 Å². The Hall–Kier alpha value is -4.55. The van der Waals surface area contributed by atoms with Crippen molar-refractivity contribution in [2.75, 3.05) is 32.1 Å². The van der Waals surface area contributed by atoms with Crippen molar-refractivity contribution in [3.05, 3.63) is 95.4 Å². The van der Waals surface area contributed by atoms with Crippen LogP contribution >= 0.6 is 23.9 Å². The van der Waals surface area contributed by atoms with Gasteiger partial charge in [-0.1, -0.05) is 54.1 Å². The van der Waals surface area contributed by atoms with Crippen molar-refractivity contribution in [2.24, 2.45) is 0 Å². The number of esters is 1. The number of benzene rings is 3. The number of carbonyl (C=O) groups excluding carboxylic acids is 3. The maximum Gasteiger partial charge on any atom is 0.410 e. The van der Waals surface area contributed by atoms with E-state index in [0.29, 0.717) is 47.0 Å². The van der Waals surface area contributed by atoms with Gasteiger partial charge in [-0.15, -0.1) is 3.89 Å². The molecular weight excluding hydrogens is 657 g/mol. The lowest BCUT2D eigenvalue weighted by Crippen LogP contribution is -2.39. The molecule has 1 heterocycles. The number of anilines is 1. The second-order valence-electron chi connectivity index (χ2n) is 11.9. The molecule has 0 atom stereocenters. The third-order valence-corrected chi connectivity index (χ3v) is 7.89. The van der Waals surface area contributed by atoms with Crippen molar-refractivity contribution in [3.8, 4) is 22.4 Å². The van der Waals surface area contributed by atoms with Crippen LogP contribution < -0.4 is 10.6 Å². The lowest BCUT2D eigenvalue weighted by molar-refractivity contribution is -0.121. The van der Waals surface area contributed by atoms with Crippen molar-refractivity contribution in [1.82, 2.24) is 19.2 Å². The fourth-order valence-corrected chi connectivity index (χ4v) is 5.46. The fourth-order valence-electron chi connectivity index (χ4n) is 4.84. The van der Waals surface area contributed by atoms with Crippen LogP contribution in [0.5, 0.6) is 0 Å². The second kappa shape index (κ2) is 17.0. The Kier molecular flexibility index (Phi) is 12.9. The third-order valence-electron chi connectivity index (χ3n) is 7.14. The molecule has 10 nitrogen and oxygen atoms in total. The smallest absolute Gasteiger partial charge is 0.410 e. The van der Waals surface area contributed by atoms with Gasteiger partial charge in [0.05, 0.1) is 24.6 Å². The molecule has 0 fully saturated rings. The number of halogens is 2. The van der Waals surface area contributed by atoms with E-state index < -0.39 is 17.7 Å². The Morgan fingerprint density at radius 1 is 1.02 bits per heavy atom. The molecule has 0 saturated heterocycles. The lowest BCUT2D eigenvalue weighted by Gasteiger charge is -2.27. The standard InChI is InChI=1S/C35H39ClFN5O5S/c1-35(2,3)47-34(45)41(22-24-11-13-27(29(36)19-24)25-9-6-5-7-10-25)18-15-32(43)40-17-8-16-39-30-20-26(33(44)46-4)12-14-28(30)31-21-38-23-42(31)48-37/h5-7,9-14,19-21,23,39H,8,15-18,22H2,1-4H3,(H,40,43). The molecule has 0 unspecified atom stereocenters. The van der Waals surface area contributed by atoms with E-state index >= 15 is 0 Å². The van der Waals surface area contributed by atoms with E-state index in [9.17, 15) is 18.3 Å². The molecule has 0 aliphatic carbocycles. The molecule has 4 rings (SSSR count). The SMILES string of the molecule is COC(=O)c1ccc(-c2cncn2SF)c(NCCCNC(=O)CCN(Cc2ccc(-c3ccccc3)c(Cl)c2)C(=O)OC(C)(C)C)c1. The van der Waals surface area contributed by atoms with Gasteiger partial charge in [0.1, 0.15) is 11.9 Å². The number of aromatic nitrogens is 2. The van der Waals surface area contributed by atoms with E-state index in [1.807, 2.05) is 48.5 Å². The summed E-state index contributed by atoms with van der Waals surface area (Å²) < 4.78 is 25.2. The van der Waals surface area contributed by atoms with Crippen molar-refractivity contribution < 1.29 is 27.7 Å². The van der Waals surface area contributed by atoms with Gasteiger partial charge in [-0.25, -0.2) is 18.5 Å². The summed E-state index contributed by atoms with van der Waals surface area (Å²) in [6, 6.07) is 20.4. The molecule has 48 heavy (non-hydrogen) atoms. The summed E-state index contributed by atoms with van der Waals surface area (Å²) in [6.45, 7) is 6.53. The Bertz CT molecular complexity index is 1710. The van der Waals surface area contributed by atoms with Crippen LogP contribution in [0.1, 0.15) is 49.5 Å². The lowest BCUT2D eigenvalue weighted by atomic mass is 10.0. The molecule has 2 N–H and O–H groups in total. The number of amides is 2. The quantitative estimate of drug-likeness (QED) is 0.102. The number of methoxy groups -OCH3 is 1. The zero-order valence-electron chi connectivity index (χ0n) is 27.3. The van der Waals surface area contributed by atoms with Gasteiger partial charge in [-0.3, -0.25) is 4.79 Å². The van der Waals surface area contributed by atoms with Crippen LogP contribution in [-0.4, -0.2) is 64.2 Å². The topological polar surface area (TPSA) is 115 Å². The van der Waals surface area contributed by atoms with Crippen molar-refractivity contribution >= 4 is 47.6 Å². The highest BCUT2D eigenvalue weighted by molar-refractivity contribution is 7.92. The molecule has 4 aromatic rings. The van der Waals surface area contributed by atoms with E-state index in [1.165, 1.54) is 28.5 Å². The zero-order chi connectivity index (χ0) is 34.7. The molecule has 0 saturated carbocycles. The molecule has 0 spiro atoms. The van der Waals surface area contributed by atoms with Gasteiger partial charge in [0.15, 0.2) is 12.3 Å². The number of carbonyl (C=O) groups is 3. The maximum absolute atomic E-state index is 13.4. The zero-order valence-corrected chi connectivity index (χ0v) is 28.9. The van der Waals surface area contributed by atoms with Gasteiger partial charge in [0.25, 0.3) is 0 Å². The first kappa shape index (κ1) is 36.3. The minimum atomic E-state index is -0.708. The first-order valence-corrected chi connectivity index (χ1v) is 16.4. The molecule has 2 amide bonds. The van der Waals surface area contributed by atoms with Crippen LogP contribution in [0.3, 0.4) is 0 Å². The first-order valence-electron chi connectivity index (χ1n) is 15.4. The van der Waals surface area contributed by atoms with Crippen LogP contribution in [0.2, 0.25) is 5.02 Å². The number of hydrogen-bond acceptors (Lipinski definition) is 8. The molecule has 0 aliphatic heterocycles. The first-order chi connectivity index (χ1) is 23.0. The van der Waals surface area contributed by atoms with Crippen molar-refractivity contribution in [3.63, 3.8) is 0 Å². The van der Waals surface area contributed by atoms with Gasteiger partial charge >= 0.3 is 12.1 Å². The van der Waals surface area contributed by atoms with Gasteiger partial charge in [0.2, 0.25) is 5.91 Å². The van der Waals surface area contributed by atoms with Crippen LogP contribution in [0.25, 0.3) is 22.4 Å². The average Bonchev–Trinajstić information content (AvgIpc) is 3.54.